The Morgan fingerprint density at radius 3 is 2.64 bits per heavy atom. The second-order valence-electron chi connectivity index (χ2n) is 7.68. The van der Waals surface area contributed by atoms with Crippen molar-refractivity contribution in [2.45, 2.75) is 25.8 Å². The number of likely N-dealkylation sites (tertiary alicyclic amines) is 1. The van der Waals surface area contributed by atoms with Crippen molar-refractivity contribution in [3.05, 3.63) is 17.5 Å². The first-order valence-electron chi connectivity index (χ1n) is 9.82. The third-order valence-corrected chi connectivity index (χ3v) is 6.82. The van der Waals surface area contributed by atoms with E-state index in [4.69, 9.17) is 4.74 Å². The molecule has 9 nitrogen and oxygen atoms in total. The Balaban J connectivity index is 1.59. The number of carbonyl (C=O) groups is 1. The van der Waals surface area contributed by atoms with Crippen LogP contribution in [0.1, 0.15) is 28.9 Å². The van der Waals surface area contributed by atoms with Crippen molar-refractivity contribution >= 4 is 15.9 Å². The van der Waals surface area contributed by atoms with E-state index in [1.807, 2.05) is 6.92 Å². The van der Waals surface area contributed by atoms with E-state index in [9.17, 15) is 13.2 Å². The lowest BCUT2D eigenvalue weighted by Crippen LogP contribution is -2.44. The Labute approximate surface area is 167 Å². The molecule has 10 heteroatoms. The van der Waals surface area contributed by atoms with Gasteiger partial charge in [0.15, 0.2) is 0 Å². The van der Waals surface area contributed by atoms with E-state index in [1.54, 1.807) is 27.1 Å². The summed E-state index contributed by atoms with van der Waals surface area (Å²) in [5.41, 5.74) is 1.28. The minimum absolute atomic E-state index is 0.0742. The average Bonchev–Trinajstić information content (AvgIpc) is 3.24. The van der Waals surface area contributed by atoms with E-state index in [0.29, 0.717) is 37.3 Å². The van der Waals surface area contributed by atoms with Crippen LogP contribution < -0.4 is 0 Å². The maximum Gasteiger partial charge on any atom is 0.257 e. The van der Waals surface area contributed by atoms with Crippen LogP contribution in [0.15, 0.2) is 6.20 Å². The van der Waals surface area contributed by atoms with Gasteiger partial charge in [-0.25, -0.2) is 8.42 Å². The van der Waals surface area contributed by atoms with Crippen molar-refractivity contribution in [1.29, 1.82) is 0 Å². The van der Waals surface area contributed by atoms with Crippen molar-refractivity contribution in [2.24, 2.45) is 7.05 Å². The molecule has 3 heterocycles. The fourth-order valence-electron chi connectivity index (χ4n) is 4.04. The maximum absolute atomic E-state index is 12.8. The van der Waals surface area contributed by atoms with Crippen LogP contribution in [0.25, 0.3) is 0 Å². The summed E-state index contributed by atoms with van der Waals surface area (Å²) in [7, 11) is -1.55. The average molecular weight is 414 g/mol. The van der Waals surface area contributed by atoms with E-state index in [1.165, 1.54) is 6.26 Å². The lowest BCUT2D eigenvalue weighted by atomic mass is 10.2. The summed E-state index contributed by atoms with van der Waals surface area (Å²) < 4.78 is 33.3. The van der Waals surface area contributed by atoms with Crippen LogP contribution in [0.2, 0.25) is 0 Å². The molecule has 2 saturated heterocycles. The summed E-state index contributed by atoms with van der Waals surface area (Å²) in [6, 6.07) is -0.166. The number of ether oxygens (including phenoxy) is 1. The molecular formula is C18H31N5O4S. The first-order valence-corrected chi connectivity index (χ1v) is 11.7. The molecule has 0 bridgehead atoms. The van der Waals surface area contributed by atoms with Gasteiger partial charge in [-0.1, -0.05) is 0 Å². The molecule has 0 saturated carbocycles. The Hall–Kier alpha value is -1.49. The quantitative estimate of drug-likeness (QED) is 0.622. The zero-order valence-electron chi connectivity index (χ0n) is 17.0. The summed E-state index contributed by atoms with van der Waals surface area (Å²) >= 11 is 0. The molecule has 0 N–H and O–H groups in total. The zero-order chi connectivity index (χ0) is 20.3. The van der Waals surface area contributed by atoms with Crippen LogP contribution in [-0.4, -0.2) is 103 Å². The highest BCUT2D eigenvalue weighted by atomic mass is 32.2. The van der Waals surface area contributed by atoms with E-state index in [-0.39, 0.29) is 11.9 Å². The third-order valence-electron chi connectivity index (χ3n) is 5.48. The van der Waals surface area contributed by atoms with Crippen LogP contribution in [0.3, 0.4) is 0 Å². The number of rotatable bonds is 7. The van der Waals surface area contributed by atoms with Gasteiger partial charge in [0.2, 0.25) is 10.0 Å². The van der Waals surface area contributed by atoms with E-state index >= 15 is 0 Å². The molecule has 28 heavy (non-hydrogen) atoms. The number of morpholine rings is 1. The lowest BCUT2D eigenvalue weighted by molar-refractivity contribution is 0.0366. The Bertz CT molecular complexity index is 788. The molecule has 0 aliphatic carbocycles. The summed E-state index contributed by atoms with van der Waals surface area (Å²) in [5.74, 6) is -0.0742. The number of amides is 1. The molecule has 3 rings (SSSR count). The topological polar surface area (TPSA) is 88.0 Å². The van der Waals surface area contributed by atoms with Gasteiger partial charge in [0.1, 0.15) is 0 Å². The monoisotopic (exact) mass is 413 g/mol. The zero-order valence-corrected chi connectivity index (χ0v) is 17.8. The van der Waals surface area contributed by atoms with Crippen molar-refractivity contribution in [3.8, 4) is 0 Å². The van der Waals surface area contributed by atoms with Crippen LogP contribution in [-0.2, 0) is 21.8 Å². The Morgan fingerprint density at radius 1 is 1.32 bits per heavy atom. The van der Waals surface area contributed by atoms with Crippen molar-refractivity contribution in [3.63, 3.8) is 0 Å². The maximum atomic E-state index is 12.8. The predicted molar refractivity (Wildman–Crippen MR) is 106 cm³/mol. The molecule has 1 amide bonds. The molecule has 2 aliphatic heterocycles. The minimum Gasteiger partial charge on any atom is -0.379 e. The number of sulfonamides is 1. The SMILES string of the molecule is Cc1nn(C)cc1C(=O)N1CCC(N(CCCN2CCOCC2)S(C)(=O)=O)C1. The van der Waals surface area contributed by atoms with Crippen molar-refractivity contribution in [1.82, 2.24) is 23.9 Å². The highest BCUT2D eigenvalue weighted by Crippen LogP contribution is 2.21. The van der Waals surface area contributed by atoms with Crippen LogP contribution in [0, 0.1) is 6.92 Å². The molecular weight excluding hydrogens is 382 g/mol. The van der Waals surface area contributed by atoms with Gasteiger partial charge in [-0.3, -0.25) is 14.4 Å². The standard InChI is InChI=1S/C18H31N5O4S/c1-15-17(14-20(2)19-15)18(24)22-8-5-16(13-22)23(28(3,25)26)7-4-6-21-9-11-27-12-10-21/h14,16H,4-13H2,1-3H3. The predicted octanol–water partition coefficient (Wildman–Crippen LogP) is -0.0731. The molecule has 0 radical (unpaired) electrons. The van der Waals surface area contributed by atoms with Gasteiger partial charge in [-0.05, 0) is 26.3 Å². The second-order valence-corrected chi connectivity index (χ2v) is 9.61. The first kappa shape index (κ1) is 21.2. The van der Waals surface area contributed by atoms with Crippen LogP contribution in [0.5, 0.6) is 0 Å². The molecule has 1 unspecified atom stereocenters. The molecule has 0 aromatic carbocycles. The smallest absolute Gasteiger partial charge is 0.257 e. The molecule has 1 aromatic rings. The number of carbonyl (C=O) groups excluding carboxylic acids is 1. The van der Waals surface area contributed by atoms with Gasteiger partial charge in [0.25, 0.3) is 5.91 Å². The van der Waals surface area contributed by atoms with Gasteiger partial charge in [0.05, 0.1) is 30.7 Å². The first-order chi connectivity index (χ1) is 13.3. The summed E-state index contributed by atoms with van der Waals surface area (Å²) in [5, 5.41) is 4.23. The van der Waals surface area contributed by atoms with E-state index in [0.717, 1.165) is 39.3 Å². The summed E-state index contributed by atoms with van der Waals surface area (Å²) in [4.78, 5) is 16.9. The van der Waals surface area contributed by atoms with Crippen molar-refractivity contribution in [2.75, 3.05) is 58.7 Å². The summed E-state index contributed by atoms with van der Waals surface area (Å²) in [6.07, 6.45) is 4.42. The van der Waals surface area contributed by atoms with Gasteiger partial charge in [-0.15, -0.1) is 0 Å². The molecule has 2 fully saturated rings. The Kier molecular flexibility index (Phi) is 6.74. The van der Waals surface area contributed by atoms with Gasteiger partial charge >= 0.3 is 0 Å². The fourth-order valence-corrected chi connectivity index (χ4v) is 5.21. The number of aromatic nitrogens is 2. The molecule has 1 atom stereocenters. The molecule has 0 spiro atoms. The minimum atomic E-state index is -3.33. The fraction of sp³-hybridized carbons (Fsp3) is 0.778. The van der Waals surface area contributed by atoms with E-state index in [2.05, 4.69) is 10.00 Å². The van der Waals surface area contributed by atoms with E-state index < -0.39 is 10.0 Å². The van der Waals surface area contributed by atoms with Gasteiger partial charge in [0, 0.05) is 52.0 Å². The molecule has 1 aromatic heterocycles. The lowest BCUT2D eigenvalue weighted by Gasteiger charge is -2.30. The number of hydrogen-bond donors (Lipinski definition) is 0. The highest BCUT2D eigenvalue weighted by molar-refractivity contribution is 7.88. The molecule has 158 valence electrons. The number of aryl methyl sites for hydroxylation is 2. The number of nitrogens with zero attached hydrogens (tertiary/aromatic N) is 5. The number of hydrogen-bond acceptors (Lipinski definition) is 6. The highest BCUT2D eigenvalue weighted by Gasteiger charge is 2.35. The largest absolute Gasteiger partial charge is 0.379 e. The second kappa shape index (κ2) is 8.89. The van der Waals surface area contributed by atoms with Crippen LogP contribution >= 0.6 is 0 Å². The van der Waals surface area contributed by atoms with Crippen molar-refractivity contribution < 1.29 is 17.9 Å². The summed E-state index contributed by atoms with van der Waals surface area (Å²) in [6.45, 7) is 7.42. The third kappa shape index (κ3) is 5.11. The van der Waals surface area contributed by atoms with Crippen LogP contribution in [0.4, 0.5) is 0 Å². The van der Waals surface area contributed by atoms with Gasteiger partial charge in [-0.2, -0.15) is 9.40 Å². The Morgan fingerprint density at radius 2 is 2.04 bits per heavy atom. The normalized spacial score (nSPS) is 21.6. The van der Waals surface area contributed by atoms with Gasteiger partial charge < -0.3 is 9.64 Å². The molecule has 2 aliphatic rings.